The summed E-state index contributed by atoms with van der Waals surface area (Å²) in [5.74, 6) is 0.695. The lowest BCUT2D eigenvalue weighted by Gasteiger charge is -2.16. The second kappa shape index (κ2) is 17.9. The smallest absolute Gasteiger partial charge is 0.155 e. The van der Waals surface area contributed by atoms with Gasteiger partial charge in [0.1, 0.15) is 0 Å². The minimum Gasteiger partial charge on any atom is -0.261 e. The molecule has 0 amide bonds. The van der Waals surface area contributed by atoms with Gasteiger partial charge in [-0.25, -0.2) is 4.99 Å². The molecule has 0 aliphatic carbocycles. The summed E-state index contributed by atoms with van der Waals surface area (Å²) >= 11 is 0. The molecule has 286 valence electrons. The van der Waals surface area contributed by atoms with Crippen molar-refractivity contribution in [2.45, 2.75) is 13.5 Å². The first-order valence-corrected chi connectivity index (χ1v) is 20.5. The SMILES string of the molecule is CC(=NC(=NCc1ccccc1-c1ccccc1-c1ccc(-c2ccccc2)cc1)c1ccccc1-c1ccccc1-c1ccc(-c2ccccc2)cc1)c1ccccc1. The van der Waals surface area contributed by atoms with Crippen LogP contribution in [-0.4, -0.2) is 11.5 Å². The van der Waals surface area contributed by atoms with Crippen molar-refractivity contribution < 1.29 is 0 Å². The molecular formula is C58H44N2. The van der Waals surface area contributed by atoms with Gasteiger partial charge in [0.2, 0.25) is 0 Å². The number of hydrogen-bond donors (Lipinski definition) is 0. The lowest BCUT2D eigenvalue weighted by molar-refractivity contribution is 1.06. The van der Waals surface area contributed by atoms with Crippen LogP contribution in [0.25, 0.3) is 66.8 Å². The highest BCUT2D eigenvalue weighted by Gasteiger charge is 2.17. The molecule has 0 atom stereocenters. The van der Waals surface area contributed by atoms with Gasteiger partial charge in [0, 0.05) is 11.3 Å². The fourth-order valence-corrected chi connectivity index (χ4v) is 7.96. The maximum atomic E-state index is 5.43. The zero-order valence-electron chi connectivity index (χ0n) is 33.6. The van der Waals surface area contributed by atoms with Crippen molar-refractivity contribution in [2.24, 2.45) is 9.98 Å². The molecule has 0 aromatic heterocycles. The van der Waals surface area contributed by atoms with E-state index in [-0.39, 0.29) is 0 Å². The maximum absolute atomic E-state index is 5.43. The van der Waals surface area contributed by atoms with Crippen LogP contribution in [-0.2, 0) is 6.54 Å². The molecule has 0 radical (unpaired) electrons. The molecule has 2 heteroatoms. The van der Waals surface area contributed by atoms with Gasteiger partial charge in [-0.2, -0.15) is 0 Å². The Kier molecular flexibility index (Phi) is 11.3. The summed E-state index contributed by atoms with van der Waals surface area (Å²) in [6.45, 7) is 2.53. The molecule has 0 aliphatic heterocycles. The Morgan fingerprint density at radius 1 is 0.317 bits per heavy atom. The average Bonchev–Trinajstić information content (AvgIpc) is 3.34. The van der Waals surface area contributed by atoms with Crippen molar-refractivity contribution in [3.05, 3.63) is 253 Å². The molecular weight excluding hydrogens is 725 g/mol. The summed E-state index contributed by atoms with van der Waals surface area (Å²) in [6.07, 6.45) is 0. The van der Waals surface area contributed by atoms with Gasteiger partial charge in [0.05, 0.1) is 6.54 Å². The number of benzene rings is 9. The number of hydrogen-bond acceptors (Lipinski definition) is 1. The first-order valence-electron chi connectivity index (χ1n) is 20.5. The van der Waals surface area contributed by atoms with Gasteiger partial charge in [-0.15, -0.1) is 0 Å². The highest BCUT2D eigenvalue weighted by Crippen LogP contribution is 2.37. The van der Waals surface area contributed by atoms with Crippen LogP contribution >= 0.6 is 0 Å². The Bertz CT molecular complexity index is 2910. The van der Waals surface area contributed by atoms with Crippen LogP contribution in [0.5, 0.6) is 0 Å². The topological polar surface area (TPSA) is 24.7 Å². The summed E-state index contributed by atoms with van der Waals surface area (Å²) < 4.78 is 0. The molecule has 0 fully saturated rings. The summed E-state index contributed by atoms with van der Waals surface area (Å²) in [4.78, 5) is 10.8. The molecule has 9 rings (SSSR count). The number of amidine groups is 1. The first kappa shape index (κ1) is 37.9. The third-order valence-corrected chi connectivity index (χ3v) is 11.1. The molecule has 9 aromatic carbocycles. The molecule has 9 aromatic rings. The molecule has 60 heavy (non-hydrogen) atoms. The number of nitrogens with zero attached hydrogens (tertiary/aromatic N) is 2. The summed E-state index contributed by atoms with van der Waals surface area (Å²) in [7, 11) is 0. The second-order valence-corrected chi connectivity index (χ2v) is 14.9. The minimum atomic E-state index is 0.454. The van der Waals surface area contributed by atoms with E-state index in [1.807, 2.05) is 6.07 Å². The number of rotatable bonds is 10. The highest BCUT2D eigenvalue weighted by atomic mass is 14.9. The van der Waals surface area contributed by atoms with E-state index in [1.165, 1.54) is 38.9 Å². The Balaban J connectivity index is 1.11. The Labute approximate surface area is 353 Å². The quantitative estimate of drug-likeness (QED) is 0.0978. The van der Waals surface area contributed by atoms with E-state index in [0.29, 0.717) is 12.4 Å². The van der Waals surface area contributed by atoms with Crippen molar-refractivity contribution >= 4 is 11.5 Å². The zero-order chi connectivity index (χ0) is 40.5. The molecule has 0 spiro atoms. The first-order chi connectivity index (χ1) is 29.7. The average molecular weight is 769 g/mol. The molecule has 0 N–H and O–H groups in total. The third kappa shape index (κ3) is 8.32. The van der Waals surface area contributed by atoms with Crippen LogP contribution in [0.3, 0.4) is 0 Å². The molecule has 0 saturated carbocycles. The number of aliphatic imine (C=N–C) groups is 2. The van der Waals surface area contributed by atoms with E-state index in [2.05, 4.69) is 237 Å². The van der Waals surface area contributed by atoms with Gasteiger partial charge in [0.25, 0.3) is 0 Å². The fourth-order valence-electron chi connectivity index (χ4n) is 7.96. The van der Waals surface area contributed by atoms with Crippen molar-refractivity contribution in [3.8, 4) is 66.8 Å². The van der Waals surface area contributed by atoms with Gasteiger partial charge in [-0.1, -0.05) is 237 Å². The Morgan fingerprint density at radius 3 is 1.22 bits per heavy atom. The van der Waals surface area contributed by atoms with E-state index in [4.69, 9.17) is 9.98 Å². The molecule has 0 heterocycles. The highest BCUT2D eigenvalue weighted by molar-refractivity contribution is 6.14. The van der Waals surface area contributed by atoms with E-state index >= 15 is 0 Å². The largest absolute Gasteiger partial charge is 0.261 e. The van der Waals surface area contributed by atoms with Crippen LogP contribution in [0.4, 0.5) is 0 Å². The van der Waals surface area contributed by atoms with E-state index in [0.717, 1.165) is 50.2 Å². The zero-order valence-corrected chi connectivity index (χ0v) is 33.6. The van der Waals surface area contributed by atoms with Crippen molar-refractivity contribution in [3.63, 3.8) is 0 Å². The maximum Gasteiger partial charge on any atom is 0.155 e. The van der Waals surface area contributed by atoms with Crippen LogP contribution in [0.2, 0.25) is 0 Å². The molecule has 0 unspecified atom stereocenters. The summed E-state index contributed by atoms with van der Waals surface area (Å²) in [5, 5.41) is 0. The van der Waals surface area contributed by atoms with Crippen LogP contribution in [0, 0.1) is 0 Å². The Morgan fingerprint density at radius 2 is 0.683 bits per heavy atom. The van der Waals surface area contributed by atoms with Crippen LogP contribution in [0.15, 0.2) is 247 Å². The van der Waals surface area contributed by atoms with Gasteiger partial charge < -0.3 is 0 Å². The molecule has 0 bridgehead atoms. The van der Waals surface area contributed by atoms with E-state index < -0.39 is 0 Å². The van der Waals surface area contributed by atoms with Crippen LogP contribution < -0.4 is 0 Å². The fraction of sp³-hybridized carbons (Fsp3) is 0.0345. The summed E-state index contributed by atoms with van der Waals surface area (Å²) in [5.41, 5.74) is 18.1. The predicted octanol–water partition coefficient (Wildman–Crippen LogP) is 15.1. The normalized spacial score (nSPS) is 11.7. The standard InChI is InChI=1S/C58H44N2/c1-42(43-19-5-2-6-20-43)60-58(57-32-18-17-31-56(57)55-30-16-14-27-52(55)49-39-35-47(36-40-49)45-23-9-4-10-24-45)59-41-50-25-11-12-28-53(50)54-29-15-13-26-51(54)48-37-33-46(34-38-48)44-21-7-3-8-22-44/h2-40H,41H2,1H3. The lowest BCUT2D eigenvalue weighted by atomic mass is 9.90. The van der Waals surface area contributed by atoms with E-state index in [9.17, 15) is 0 Å². The Hall–Kier alpha value is -7.68. The lowest BCUT2D eigenvalue weighted by Crippen LogP contribution is -2.06. The van der Waals surface area contributed by atoms with Gasteiger partial charge >= 0.3 is 0 Å². The monoisotopic (exact) mass is 768 g/mol. The summed E-state index contributed by atoms with van der Waals surface area (Å²) in [6, 6.07) is 83.7. The van der Waals surface area contributed by atoms with E-state index in [1.54, 1.807) is 0 Å². The minimum absolute atomic E-state index is 0.454. The van der Waals surface area contributed by atoms with Gasteiger partial charge in [-0.05, 0) is 84.8 Å². The predicted molar refractivity (Wildman–Crippen MR) is 254 cm³/mol. The van der Waals surface area contributed by atoms with Gasteiger partial charge in [-0.3, -0.25) is 4.99 Å². The van der Waals surface area contributed by atoms with Crippen molar-refractivity contribution in [1.82, 2.24) is 0 Å². The van der Waals surface area contributed by atoms with Crippen LogP contribution in [0.1, 0.15) is 23.6 Å². The van der Waals surface area contributed by atoms with Crippen molar-refractivity contribution in [1.29, 1.82) is 0 Å². The van der Waals surface area contributed by atoms with Crippen molar-refractivity contribution in [2.75, 3.05) is 0 Å². The second-order valence-electron chi connectivity index (χ2n) is 14.9. The third-order valence-electron chi connectivity index (χ3n) is 11.1. The molecule has 0 saturated heterocycles. The van der Waals surface area contributed by atoms with Gasteiger partial charge in [0.15, 0.2) is 5.84 Å². The molecule has 2 nitrogen and oxygen atoms in total. The molecule has 0 aliphatic rings.